The summed E-state index contributed by atoms with van der Waals surface area (Å²) in [7, 11) is 2.14. The average Bonchev–Trinajstić information content (AvgIpc) is 3.07. The molecule has 3 rings (SSSR count). The van der Waals surface area contributed by atoms with Crippen LogP contribution in [0.25, 0.3) is 0 Å². The highest BCUT2D eigenvalue weighted by molar-refractivity contribution is 7.13. The highest BCUT2D eigenvalue weighted by Crippen LogP contribution is 2.29. The van der Waals surface area contributed by atoms with Crippen molar-refractivity contribution in [2.75, 3.05) is 43.4 Å². The molecule has 5 nitrogen and oxygen atoms in total. The molecule has 2 aromatic rings. The summed E-state index contributed by atoms with van der Waals surface area (Å²) < 4.78 is 0. The van der Waals surface area contributed by atoms with Crippen LogP contribution in [0.2, 0.25) is 0 Å². The fraction of sp³-hybridized carbons (Fsp3) is 0.474. The largest absolute Gasteiger partial charge is 0.367 e. The molecule has 134 valence electrons. The van der Waals surface area contributed by atoms with Gasteiger partial charge in [0.05, 0.1) is 22.6 Å². The van der Waals surface area contributed by atoms with E-state index < -0.39 is 0 Å². The summed E-state index contributed by atoms with van der Waals surface area (Å²) in [6.45, 7) is 10.3. The summed E-state index contributed by atoms with van der Waals surface area (Å²) in [6.07, 6.45) is 1.68. The Bertz CT molecular complexity index is 742. The van der Waals surface area contributed by atoms with Gasteiger partial charge in [-0.25, -0.2) is 4.98 Å². The molecule has 0 atom stereocenters. The number of rotatable bonds is 3. The number of hydrogen-bond acceptors (Lipinski definition) is 5. The first-order chi connectivity index (χ1) is 11.8. The second-order valence-electron chi connectivity index (χ2n) is 7.54. The smallest absolute Gasteiger partial charge is 0.267 e. The predicted molar refractivity (Wildman–Crippen MR) is 105 cm³/mol. The second-order valence-corrected chi connectivity index (χ2v) is 8.57. The van der Waals surface area contributed by atoms with Gasteiger partial charge in [-0.05, 0) is 19.2 Å². The number of para-hydroxylation sites is 2. The van der Waals surface area contributed by atoms with Crippen LogP contribution in [-0.4, -0.2) is 49.0 Å². The Morgan fingerprint density at radius 3 is 2.48 bits per heavy atom. The molecule has 0 bridgehead atoms. The molecule has 1 N–H and O–H groups in total. The van der Waals surface area contributed by atoms with Crippen LogP contribution < -0.4 is 10.2 Å². The van der Waals surface area contributed by atoms with Gasteiger partial charge >= 0.3 is 0 Å². The van der Waals surface area contributed by atoms with Crippen LogP contribution in [0.3, 0.4) is 0 Å². The summed E-state index contributed by atoms with van der Waals surface area (Å²) in [4.78, 5) is 22.4. The lowest BCUT2D eigenvalue weighted by Crippen LogP contribution is -2.44. The van der Waals surface area contributed by atoms with Gasteiger partial charge in [-0.3, -0.25) is 4.79 Å². The molecule has 25 heavy (non-hydrogen) atoms. The molecule has 1 fully saturated rings. The first-order valence-corrected chi connectivity index (χ1v) is 9.46. The second kappa shape index (κ2) is 7.14. The Hall–Kier alpha value is -1.92. The van der Waals surface area contributed by atoms with E-state index in [1.807, 2.05) is 18.2 Å². The third-order valence-electron chi connectivity index (χ3n) is 4.37. The zero-order valence-electron chi connectivity index (χ0n) is 15.4. The lowest BCUT2D eigenvalue weighted by atomic mass is 9.98. The Morgan fingerprint density at radius 1 is 1.16 bits per heavy atom. The summed E-state index contributed by atoms with van der Waals surface area (Å²) in [5, 5.41) is 4.05. The predicted octanol–water partition coefficient (Wildman–Crippen LogP) is 3.44. The molecule has 0 aliphatic carbocycles. The number of carbonyl (C=O) groups excluding carboxylic acids is 1. The molecule has 1 aliphatic heterocycles. The van der Waals surface area contributed by atoms with Gasteiger partial charge in [0.2, 0.25) is 0 Å². The lowest BCUT2D eigenvalue weighted by Gasteiger charge is -2.35. The monoisotopic (exact) mass is 358 g/mol. The SMILES string of the molecule is CN1CCN(c2ccccc2NC(=O)c2cnc(C(C)(C)C)s2)CC1. The molecule has 1 amide bonds. The number of hydrogen-bond donors (Lipinski definition) is 1. The molecule has 2 heterocycles. The van der Waals surface area contributed by atoms with Crippen molar-refractivity contribution in [2.45, 2.75) is 26.2 Å². The van der Waals surface area contributed by atoms with E-state index in [9.17, 15) is 4.79 Å². The van der Waals surface area contributed by atoms with E-state index in [0.29, 0.717) is 4.88 Å². The molecule has 6 heteroatoms. The van der Waals surface area contributed by atoms with Gasteiger partial charge in [-0.2, -0.15) is 0 Å². The van der Waals surface area contributed by atoms with Crippen molar-refractivity contribution in [2.24, 2.45) is 0 Å². The maximum absolute atomic E-state index is 12.7. The highest BCUT2D eigenvalue weighted by Gasteiger charge is 2.22. The summed E-state index contributed by atoms with van der Waals surface area (Å²) in [5.41, 5.74) is 1.91. The van der Waals surface area contributed by atoms with Crippen LogP contribution in [-0.2, 0) is 5.41 Å². The number of anilines is 2. The van der Waals surface area contributed by atoms with E-state index in [1.165, 1.54) is 11.3 Å². The number of thiazole rings is 1. The van der Waals surface area contributed by atoms with Crippen LogP contribution in [0.5, 0.6) is 0 Å². The molecular formula is C19H26N4OS. The first kappa shape index (κ1) is 17.9. The van der Waals surface area contributed by atoms with Crippen LogP contribution >= 0.6 is 11.3 Å². The third-order valence-corrected chi connectivity index (χ3v) is 5.79. The summed E-state index contributed by atoms with van der Waals surface area (Å²) in [5.74, 6) is -0.0884. The Labute approximate surface area is 153 Å². The fourth-order valence-electron chi connectivity index (χ4n) is 2.81. The van der Waals surface area contributed by atoms with E-state index in [1.54, 1.807) is 6.20 Å². The van der Waals surface area contributed by atoms with Gasteiger partial charge < -0.3 is 15.1 Å². The number of nitrogens with zero attached hydrogens (tertiary/aromatic N) is 3. The van der Waals surface area contributed by atoms with E-state index in [-0.39, 0.29) is 11.3 Å². The van der Waals surface area contributed by atoms with Crippen molar-refractivity contribution in [3.8, 4) is 0 Å². The van der Waals surface area contributed by atoms with Crippen molar-refractivity contribution in [1.82, 2.24) is 9.88 Å². The Kier molecular flexibility index (Phi) is 5.11. The maximum atomic E-state index is 12.7. The van der Waals surface area contributed by atoms with Crippen LogP contribution in [0.4, 0.5) is 11.4 Å². The molecular weight excluding hydrogens is 332 g/mol. The van der Waals surface area contributed by atoms with Crippen molar-refractivity contribution in [3.63, 3.8) is 0 Å². The van der Waals surface area contributed by atoms with Gasteiger partial charge in [0.15, 0.2) is 0 Å². The minimum Gasteiger partial charge on any atom is -0.367 e. The lowest BCUT2D eigenvalue weighted by molar-refractivity contribution is 0.103. The van der Waals surface area contributed by atoms with Crippen molar-refractivity contribution < 1.29 is 4.79 Å². The van der Waals surface area contributed by atoms with Crippen molar-refractivity contribution >= 4 is 28.6 Å². The van der Waals surface area contributed by atoms with Gasteiger partial charge in [0, 0.05) is 31.6 Å². The number of piperazine rings is 1. The molecule has 0 spiro atoms. The number of aromatic nitrogens is 1. The van der Waals surface area contributed by atoms with E-state index in [2.05, 4.69) is 54.0 Å². The normalized spacial score (nSPS) is 16.1. The quantitative estimate of drug-likeness (QED) is 0.913. The van der Waals surface area contributed by atoms with Crippen LogP contribution in [0.15, 0.2) is 30.5 Å². The van der Waals surface area contributed by atoms with Gasteiger partial charge in [0.1, 0.15) is 4.88 Å². The minimum absolute atomic E-state index is 0.0407. The molecule has 1 aromatic heterocycles. The average molecular weight is 359 g/mol. The number of likely N-dealkylation sites (N-methyl/N-ethyl adjacent to an activating group) is 1. The molecule has 1 aromatic carbocycles. The Morgan fingerprint density at radius 2 is 1.84 bits per heavy atom. The highest BCUT2D eigenvalue weighted by atomic mass is 32.1. The molecule has 0 radical (unpaired) electrons. The molecule has 1 saturated heterocycles. The van der Waals surface area contributed by atoms with Gasteiger partial charge in [-0.15, -0.1) is 11.3 Å². The summed E-state index contributed by atoms with van der Waals surface area (Å²) in [6, 6.07) is 8.03. The molecule has 0 unspecified atom stereocenters. The Balaban J connectivity index is 1.77. The zero-order chi connectivity index (χ0) is 18.0. The minimum atomic E-state index is -0.0884. The number of benzene rings is 1. The summed E-state index contributed by atoms with van der Waals surface area (Å²) >= 11 is 1.47. The molecule has 1 aliphatic rings. The number of amides is 1. The molecule has 0 saturated carbocycles. The van der Waals surface area contributed by atoms with Gasteiger partial charge in [-0.1, -0.05) is 32.9 Å². The zero-order valence-corrected chi connectivity index (χ0v) is 16.2. The van der Waals surface area contributed by atoms with Gasteiger partial charge in [0.25, 0.3) is 5.91 Å². The number of carbonyl (C=O) groups is 1. The van der Waals surface area contributed by atoms with Crippen LogP contribution in [0.1, 0.15) is 35.5 Å². The van der Waals surface area contributed by atoms with Crippen molar-refractivity contribution in [3.05, 3.63) is 40.3 Å². The topological polar surface area (TPSA) is 48.5 Å². The number of nitrogens with one attached hydrogen (secondary N) is 1. The first-order valence-electron chi connectivity index (χ1n) is 8.65. The van der Waals surface area contributed by atoms with E-state index in [0.717, 1.165) is 42.6 Å². The van der Waals surface area contributed by atoms with E-state index in [4.69, 9.17) is 0 Å². The standard InChI is InChI=1S/C19H26N4OS/c1-19(2,3)18-20-13-16(25-18)17(24)21-14-7-5-6-8-15(14)23-11-9-22(4)10-12-23/h5-8,13H,9-12H2,1-4H3,(H,21,24). The van der Waals surface area contributed by atoms with E-state index >= 15 is 0 Å². The van der Waals surface area contributed by atoms with Crippen molar-refractivity contribution in [1.29, 1.82) is 0 Å². The van der Waals surface area contributed by atoms with Crippen LogP contribution in [0, 0.1) is 0 Å². The maximum Gasteiger partial charge on any atom is 0.267 e. The fourth-order valence-corrected chi connectivity index (χ4v) is 3.68. The third kappa shape index (κ3) is 4.19.